The number of aliphatic hydroxyl groups is 3. The molecule has 1 amide bonds. The number of aliphatic hydroxyl groups excluding tert-OH is 3. The lowest BCUT2D eigenvalue weighted by atomic mass is 10.0. The van der Waals surface area contributed by atoms with Gasteiger partial charge in [0, 0.05) is 0 Å². The lowest BCUT2D eigenvalue weighted by molar-refractivity contribution is -0.124. The summed E-state index contributed by atoms with van der Waals surface area (Å²) in [4.78, 5) is 12.5. The molecule has 3 atom stereocenters. The molecule has 0 spiro atoms. The minimum Gasteiger partial charge on any atom is -0.394 e. The van der Waals surface area contributed by atoms with E-state index in [-0.39, 0.29) is 18.9 Å². The first-order valence-corrected chi connectivity index (χ1v) is 26.5. The maximum atomic E-state index is 12.5. The second-order valence-corrected chi connectivity index (χ2v) is 18.5. The van der Waals surface area contributed by atoms with Gasteiger partial charge in [0.15, 0.2) is 0 Å². The van der Waals surface area contributed by atoms with E-state index < -0.39 is 18.2 Å². The number of carbonyl (C=O) groups excluding carboxylic acids is 1. The summed E-state index contributed by atoms with van der Waals surface area (Å²) in [7, 11) is 0. The summed E-state index contributed by atoms with van der Waals surface area (Å²) < 4.78 is 0. The third-order valence-corrected chi connectivity index (χ3v) is 12.6. The summed E-state index contributed by atoms with van der Waals surface area (Å²) in [6, 6.07) is -0.740. The second-order valence-electron chi connectivity index (χ2n) is 18.5. The summed E-state index contributed by atoms with van der Waals surface area (Å²) in [5.74, 6) is -0.309. The van der Waals surface area contributed by atoms with Crippen molar-refractivity contribution in [2.24, 2.45) is 0 Å². The summed E-state index contributed by atoms with van der Waals surface area (Å²) in [6.45, 7) is 4.25. The van der Waals surface area contributed by atoms with Gasteiger partial charge in [0.2, 0.25) is 5.91 Å². The Morgan fingerprint density at radius 3 is 1.00 bits per heavy atom. The Labute approximate surface area is 363 Å². The Morgan fingerprint density at radius 1 is 0.431 bits per heavy atom. The topological polar surface area (TPSA) is 89.8 Å². The Balaban J connectivity index is 3.55. The molecular weight excluding hydrogens is 715 g/mol. The second kappa shape index (κ2) is 48.8. The van der Waals surface area contributed by atoms with Gasteiger partial charge >= 0.3 is 0 Å². The zero-order valence-corrected chi connectivity index (χ0v) is 39.5. The van der Waals surface area contributed by atoms with E-state index in [0.717, 1.165) is 25.7 Å². The average molecular weight is 820 g/mol. The fraction of sp³-hybridized carbons (Fsp3) is 0.943. The third kappa shape index (κ3) is 44.6. The van der Waals surface area contributed by atoms with Crippen LogP contribution in [0.2, 0.25) is 0 Å². The van der Waals surface area contributed by atoms with Crippen molar-refractivity contribution >= 4 is 5.91 Å². The van der Waals surface area contributed by atoms with Crippen LogP contribution in [0.5, 0.6) is 0 Å². The number of amides is 1. The molecule has 0 aliphatic carbocycles. The molecule has 0 aromatic carbocycles. The molecule has 0 aromatic heterocycles. The van der Waals surface area contributed by atoms with E-state index in [0.29, 0.717) is 6.42 Å². The van der Waals surface area contributed by atoms with Gasteiger partial charge in [-0.05, 0) is 19.3 Å². The highest BCUT2D eigenvalue weighted by Gasteiger charge is 2.20. The van der Waals surface area contributed by atoms with Crippen LogP contribution in [0.1, 0.15) is 296 Å². The Hall–Kier alpha value is -0.910. The van der Waals surface area contributed by atoms with E-state index in [9.17, 15) is 20.1 Å². The smallest absolute Gasteiger partial charge is 0.222 e. The van der Waals surface area contributed by atoms with Crippen molar-refractivity contribution in [3.8, 4) is 0 Å². The number of allylic oxidation sites excluding steroid dienone is 1. The first-order chi connectivity index (χ1) is 28.5. The van der Waals surface area contributed by atoms with Crippen LogP contribution in [0.25, 0.3) is 0 Å². The molecule has 5 nitrogen and oxygen atoms in total. The molecule has 0 bridgehead atoms. The molecule has 0 aromatic rings. The molecule has 0 radical (unpaired) electrons. The number of carbonyl (C=O) groups is 1. The number of nitrogens with one attached hydrogen (secondary N) is 1. The molecule has 4 N–H and O–H groups in total. The van der Waals surface area contributed by atoms with E-state index in [1.807, 2.05) is 6.08 Å². The fourth-order valence-electron chi connectivity index (χ4n) is 8.52. The highest BCUT2D eigenvalue weighted by Crippen LogP contribution is 2.18. The van der Waals surface area contributed by atoms with Crippen LogP contribution in [-0.4, -0.2) is 46.1 Å². The van der Waals surface area contributed by atoms with E-state index >= 15 is 0 Å². The number of rotatable bonds is 49. The predicted octanol–water partition coefficient (Wildman–Crippen LogP) is 15.9. The monoisotopic (exact) mass is 820 g/mol. The van der Waals surface area contributed by atoms with Crippen LogP contribution in [0.15, 0.2) is 12.2 Å². The molecule has 0 heterocycles. The summed E-state index contributed by atoms with van der Waals surface area (Å²) in [5, 5.41) is 33.4. The lowest BCUT2D eigenvalue weighted by Gasteiger charge is -2.21. The van der Waals surface area contributed by atoms with Crippen LogP contribution >= 0.6 is 0 Å². The SMILES string of the molecule is CCCCCCCCCCCCCCCCCCC/C=C/C(O)C(CO)NC(=O)CC(O)CCCCCCCCCCCCCCCCCCCCCCCCCC. The minimum atomic E-state index is -0.925. The first-order valence-electron chi connectivity index (χ1n) is 26.5. The number of unbranched alkanes of at least 4 members (excludes halogenated alkanes) is 40. The van der Waals surface area contributed by atoms with Crippen LogP contribution in [0.4, 0.5) is 0 Å². The van der Waals surface area contributed by atoms with Crippen LogP contribution in [-0.2, 0) is 4.79 Å². The van der Waals surface area contributed by atoms with Crippen LogP contribution in [0.3, 0.4) is 0 Å². The van der Waals surface area contributed by atoms with E-state index in [4.69, 9.17) is 0 Å². The highest BCUT2D eigenvalue weighted by atomic mass is 16.3. The van der Waals surface area contributed by atoms with Crippen molar-refractivity contribution in [1.82, 2.24) is 5.32 Å². The van der Waals surface area contributed by atoms with Gasteiger partial charge in [-0.25, -0.2) is 0 Å². The van der Waals surface area contributed by atoms with Crippen LogP contribution < -0.4 is 5.32 Å². The average Bonchev–Trinajstić information content (AvgIpc) is 3.22. The van der Waals surface area contributed by atoms with Gasteiger partial charge in [-0.1, -0.05) is 283 Å². The third-order valence-electron chi connectivity index (χ3n) is 12.6. The minimum absolute atomic E-state index is 0.0194. The molecule has 5 heteroatoms. The van der Waals surface area contributed by atoms with Crippen molar-refractivity contribution in [3.05, 3.63) is 12.2 Å². The van der Waals surface area contributed by atoms with E-state index in [1.54, 1.807) is 6.08 Å². The Kier molecular flexibility index (Phi) is 48.0. The first kappa shape index (κ1) is 57.1. The maximum absolute atomic E-state index is 12.5. The Morgan fingerprint density at radius 2 is 0.707 bits per heavy atom. The van der Waals surface area contributed by atoms with Gasteiger partial charge < -0.3 is 20.6 Å². The molecule has 0 aliphatic rings. The standard InChI is InChI=1S/C53H105NO4/c1-3-5-7-9-11-13-15-17-19-21-23-24-25-26-27-29-30-32-34-36-38-40-42-44-46-50(56)48-53(58)54-51(49-55)52(57)47-45-43-41-39-37-35-33-31-28-22-20-18-16-14-12-10-8-6-4-2/h45,47,50-52,55-57H,3-44,46,48-49H2,1-2H3,(H,54,58)/b47-45+. The molecule has 58 heavy (non-hydrogen) atoms. The predicted molar refractivity (Wildman–Crippen MR) is 255 cm³/mol. The Bertz CT molecular complexity index is 818. The van der Waals surface area contributed by atoms with Gasteiger partial charge in [-0.15, -0.1) is 0 Å². The van der Waals surface area contributed by atoms with Crippen molar-refractivity contribution in [1.29, 1.82) is 0 Å². The van der Waals surface area contributed by atoms with Gasteiger partial charge in [0.1, 0.15) is 0 Å². The molecular formula is C53H105NO4. The molecule has 0 saturated carbocycles. The largest absolute Gasteiger partial charge is 0.394 e. The zero-order valence-electron chi connectivity index (χ0n) is 39.5. The van der Waals surface area contributed by atoms with Crippen molar-refractivity contribution in [2.75, 3.05) is 6.61 Å². The van der Waals surface area contributed by atoms with Crippen molar-refractivity contribution in [3.63, 3.8) is 0 Å². The molecule has 346 valence electrons. The molecule has 0 rings (SSSR count). The number of hydrogen-bond acceptors (Lipinski definition) is 4. The maximum Gasteiger partial charge on any atom is 0.222 e. The lowest BCUT2D eigenvalue weighted by Crippen LogP contribution is -2.45. The summed E-state index contributed by atoms with van der Waals surface area (Å²) >= 11 is 0. The molecule has 0 aliphatic heterocycles. The highest BCUT2D eigenvalue weighted by molar-refractivity contribution is 5.76. The quantitative estimate of drug-likeness (QED) is 0.0364. The van der Waals surface area contributed by atoms with Crippen molar-refractivity contribution in [2.45, 2.75) is 315 Å². The van der Waals surface area contributed by atoms with Gasteiger partial charge in [-0.2, -0.15) is 0 Å². The summed E-state index contributed by atoms with van der Waals surface area (Å²) in [6.07, 6.45) is 59.6. The van der Waals surface area contributed by atoms with E-state index in [1.165, 1.54) is 244 Å². The van der Waals surface area contributed by atoms with Crippen molar-refractivity contribution < 1.29 is 20.1 Å². The van der Waals surface area contributed by atoms with Gasteiger partial charge in [-0.3, -0.25) is 4.79 Å². The van der Waals surface area contributed by atoms with Crippen LogP contribution in [0, 0.1) is 0 Å². The summed E-state index contributed by atoms with van der Waals surface area (Å²) in [5.41, 5.74) is 0. The number of hydrogen-bond donors (Lipinski definition) is 4. The molecule has 0 saturated heterocycles. The van der Waals surface area contributed by atoms with Gasteiger partial charge in [0.05, 0.1) is 31.3 Å². The van der Waals surface area contributed by atoms with Gasteiger partial charge in [0.25, 0.3) is 0 Å². The molecule has 0 fully saturated rings. The normalized spacial score (nSPS) is 13.4. The fourth-order valence-corrected chi connectivity index (χ4v) is 8.52. The zero-order chi connectivity index (χ0) is 42.3. The molecule has 3 unspecified atom stereocenters. The van der Waals surface area contributed by atoms with E-state index in [2.05, 4.69) is 19.2 Å².